The number of carbonyl (C=O) groups excluding carboxylic acids is 1. The highest BCUT2D eigenvalue weighted by atomic mass is 19.4. The third-order valence-electron chi connectivity index (χ3n) is 5.36. The molecule has 2 aliphatic rings. The van der Waals surface area contributed by atoms with E-state index in [4.69, 9.17) is 0 Å². The van der Waals surface area contributed by atoms with Gasteiger partial charge in [-0.2, -0.15) is 13.2 Å². The van der Waals surface area contributed by atoms with Crippen molar-refractivity contribution in [1.82, 2.24) is 10.3 Å². The van der Waals surface area contributed by atoms with E-state index in [2.05, 4.69) is 10.3 Å². The molecule has 1 atom stereocenters. The highest BCUT2D eigenvalue weighted by Gasteiger charge is 2.32. The van der Waals surface area contributed by atoms with Gasteiger partial charge in [0.1, 0.15) is 0 Å². The number of nitrogens with one attached hydrogen (secondary N) is 2. The molecule has 2 fully saturated rings. The van der Waals surface area contributed by atoms with Gasteiger partial charge in [0.15, 0.2) is 0 Å². The van der Waals surface area contributed by atoms with Crippen LogP contribution in [-0.2, 0) is 11.0 Å². The molecule has 152 valence electrons. The zero-order valence-corrected chi connectivity index (χ0v) is 15.9. The fourth-order valence-corrected chi connectivity index (χ4v) is 3.77. The lowest BCUT2D eigenvalue weighted by Crippen LogP contribution is -2.24. The van der Waals surface area contributed by atoms with Crippen molar-refractivity contribution in [2.24, 2.45) is 0 Å². The number of alkyl halides is 3. The second kappa shape index (κ2) is 7.21. The van der Waals surface area contributed by atoms with E-state index < -0.39 is 11.7 Å². The van der Waals surface area contributed by atoms with Crippen LogP contribution in [0.3, 0.4) is 0 Å². The second-order valence-electron chi connectivity index (χ2n) is 7.81. The molecule has 1 amide bonds. The minimum absolute atomic E-state index is 0.0941. The number of aryl methyl sites for hydroxylation is 1. The molecule has 1 aliphatic carbocycles. The van der Waals surface area contributed by atoms with Crippen LogP contribution in [0.4, 0.5) is 13.2 Å². The first kappa shape index (κ1) is 19.5. The van der Waals surface area contributed by atoms with Crippen LogP contribution >= 0.6 is 0 Å². The lowest BCUT2D eigenvalue weighted by molar-refractivity contribution is -0.137. The molecule has 1 saturated heterocycles. The Morgan fingerprint density at radius 2 is 1.86 bits per heavy atom. The lowest BCUT2D eigenvalue weighted by Gasteiger charge is -2.16. The van der Waals surface area contributed by atoms with Crippen molar-refractivity contribution in [1.29, 1.82) is 0 Å². The summed E-state index contributed by atoms with van der Waals surface area (Å²) in [5.74, 6) is 0.175. The van der Waals surface area contributed by atoms with Crippen LogP contribution in [0, 0.1) is 6.92 Å². The van der Waals surface area contributed by atoms with Crippen molar-refractivity contribution in [3.63, 3.8) is 0 Å². The molecule has 7 heteroatoms. The molecule has 4 nitrogen and oxygen atoms in total. The van der Waals surface area contributed by atoms with Crippen molar-refractivity contribution >= 4 is 11.5 Å². The first-order chi connectivity index (χ1) is 13.7. The summed E-state index contributed by atoms with van der Waals surface area (Å²) in [6.45, 7) is 1.60. The third-order valence-corrected chi connectivity index (χ3v) is 5.36. The monoisotopic (exact) mass is 402 g/mol. The van der Waals surface area contributed by atoms with E-state index in [1.807, 2.05) is 0 Å². The molecule has 0 spiro atoms. The van der Waals surface area contributed by atoms with Gasteiger partial charge in [0.05, 0.1) is 5.56 Å². The number of pyridine rings is 1. The quantitative estimate of drug-likeness (QED) is 0.802. The van der Waals surface area contributed by atoms with Crippen LogP contribution < -0.4 is 10.9 Å². The van der Waals surface area contributed by atoms with E-state index in [0.29, 0.717) is 40.8 Å². The van der Waals surface area contributed by atoms with Crippen LogP contribution in [-0.4, -0.2) is 16.9 Å². The van der Waals surface area contributed by atoms with Gasteiger partial charge in [-0.15, -0.1) is 0 Å². The molecule has 29 heavy (non-hydrogen) atoms. The maximum absolute atomic E-state index is 13.3. The summed E-state index contributed by atoms with van der Waals surface area (Å²) in [5.41, 5.74) is 1.50. The van der Waals surface area contributed by atoms with Crippen molar-refractivity contribution in [3.8, 4) is 0 Å². The van der Waals surface area contributed by atoms with Crippen molar-refractivity contribution in [2.45, 2.75) is 50.7 Å². The SMILES string of the molecule is Cc1cc(/C(=C\[C@H]2CCC(=O)N2)c2ccc(C3CC3)c(=O)[nH]2)cc(C(F)(F)F)c1. The molecule has 2 N–H and O–H groups in total. The maximum Gasteiger partial charge on any atom is 0.416 e. The highest BCUT2D eigenvalue weighted by Crippen LogP contribution is 2.39. The molecule has 0 unspecified atom stereocenters. The first-order valence-electron chi connectivity index (χ1n) is 9.65. The Bertz CT molecular complexity index is 1050. The topological polar surface area (TPSA) is 62.0 Å². The largest absolute Gasteiger partial charge is 0.416 e. The molecule has 2 heterocycles. The van der Waals surface area contributed by atoms with E-state index in [1.165, 1.54) is 0 Å². The smallest absolute Gasteiger partial charge is 0.350 e. The molecule has 1 saturated carbocycles. The molecule has 2 aromatic rings. The minimum atomic E-state index is -4.48. The van der Waals surface area contributed by atoms with E-state index in [0.717, 1.165) is 25.0 Å². The number of aromatic nitrogens is 1. The van der Waals surface area contributed by atoms with Crippen molar-refractivity contribution in [3.05, 3.63) is 74.7 Å². The number of halogens is 3. The molecule has 1 aromatic carbocycles. The Morgan fingerprint density at radius 1 is 1.10 bits per heavy atom. The van der Waals surface area contributed by atoms with Crippen LogP contribution in [0.15, 0.2) is 41.2 Å². The van der Waals surface area contributed by atoms with Crippen LogP contribution in [0.2, 0.25) is 0 Å². The standard InChI is InChI=1S/C22H21F3N2O2/c1-12-8-14(10-15(9-12)22(23,24)25)18(11-16-4-7-20(28)26-16)19-6-5-17(13-2-3-13)21(29)27-19/h5-6,8-11,13,16H,2-4,7H2,1H3,(H,26,28)(H,27,29)/b18-11+/t16-/m1/s1. The van der Waals surface area contributed by atoms with Crippen LogP contribution in [0.1, 0.15) is 59.5 Å². The van der Waals surface area contributed by atoms with Gasteiger partial charge in [0.25, 0.3) is 5.56 Å². The zero-order chi connectivity index (χ0) is 20.8. The average Bonchev–Trinajstić information content (AvgIpc) is 3.40. The van der Waals surface area contributed by atoms with Gasteiger partial charge in [0.2, 0.25) is 5.91 Å². The van der Waals surface area contributed by atoms with E-state index in [1.54, 1.807) is 31.2 Å². The molecular weight excluding hydrogens is 381 g/mol. The van der Waals surface area contributed by atoms with E-state index in [-0.39, 0.29) is 23.4 Å². The third kappa shape index (κ3) is 4.28. The average molecular weight is 402 g/mol. The summed E-state index contributed by atoms with van der Waals surface area (Å²) < 4.78 is 40.0. The number of hydrogen-bond acceptors (Lipinski definition) is 2. The van der Waals surface area contributed by atoms with Crippen LogP contribution in [0.5, 0.6) is 0 Å². The number of rotatable bonds is 4. The fourth-order valence-electron chi connectivity index (χ4n) is 3.77. The second-order valence-corrected chi connectivity index (χ2v) is 7.81. The fraction of sp³-hybridized carbons (Fsp3) is 0.364. The molecular formula is C22H21F3N2O2. The van der Waals surface area contributed by atoms with Gasteiger partial charge >= 0.3 is 6.18 Å². The van der Waals surface area contributed by atoms with Crippen molar-refractivity contribution < 1.29 is 18.0 Å². The highest BCUT2D eigenvalue weighted by molar-refractivity contribution is 5.82. The Hall–Kier alpha value is -2.83. The molecule has 0 radical (unpaired) electrons. The zero-order valence-electron chi connectivity index (χ0n) is 15.9. The summed E-state index contributed by atoms with van der Waals surface area (Å²) in [4.78, 5) is 26.9. The predicted molar refractivity (Wildman–Crippen MR) is 103 cm³/mol. The summed E-state index contributed by atoms with van der Waals surface area (Å²) >= 11 is 0. The molecule has 1 aromatic heterocycles. The van der Waals surface area contributed by atoms with Gasteiger partial charge in [0, 0.05) is 29.3 Å². The summed E-state index contributed by atoms with van der Waals surface area (Å²) in [5, 5.41) is 2.81. The Kier molecular flexibility index (Phi) is 4.84. The number of hydrogen-bond donors (Lipinski definition) is 2. The minimum Gasteiger partial charge on any atom is -0.350 e. The number of H-pyrrole nitrogens is 1. The molecule has 1 aliphatic heterocycles. The normalized spacial score (nSPS) is 20.1. The maximum atomic E-state index is 13.3. The Labute approximate surface area is 165 Å². The van der Waals surface area contributed by atoms with Crippen molar-refractivity contribution in [2.75, 3.05) is 0 Å². The van der Waals surface area contributed by atoms with Gasteiger partial charge in [-0.3, -0.25) is 9.59 Å². The predicted octanol–water partition coefficient (Wildman–Crippen LogP) is 4.29. The number of aromatic amines is 1. The number of amides is 1. The van der Waals surface area contributed by atoms with Gasteiger partial charge in [-0.25, -0.2) is 0 Å². The number of carbonyl (C=O) groups is 1. The Morgan fingerprint density at radius 3 is 2.45 bits per heavy atom. The summed E-state index contributed by atoms with van der Waals surface area (Å²) in [6, 6.07) is 7.05. The summed E-state index contributed by atoms with van der Waals surface area (Å²) in [6.07, 6.45) is 0.147. The van der Waals surface area contributed by atoms with E-state index >= 15 is 0 Å². The summed E-state index contributed by atoms with van der Waals surface area (Å²) in [7, 11) is 0. The lowest BCUT2D eigenvalue weighted by atomic mass is 9.95. The molecule has 0 bridgehead atoms. The van der Waals surface area contributed by atoms with Crippen LogP contribution in [0.25, 0.3) is 5.57 Å². The first-order valence-corrected chi connectivity index (χ1v) is 9.65. The molecule has 4 rings (SSSR count). The van der Waals surface area contributed by atoms with E-state index in [9.17, 15) is 22.8 Å². The van der Waals surface area contributed by atoms with Gasteiger partial charge < -0.3 is 10.3 Å². The Balaban J connectivity index is 1.82. The van der Waals surface area contributed by atoms with Gasteiger partial charge in [-0.1, -0.05) is 18.2 Å². The van der Waals surface area contributed by atoms with Gasteiger partial charge in [-0.05, 0) is 61.4 Å². The number of benzene rings is 1.